The average molecular weight is 438 g/mol. The lowest BCUT2D eigenvalue weighted by atomic mass is 10.1. The van der Waals surface area contributed by atoms with Gasteiger partial charge in [0.15, 0.2) is 5.82 Å². The minimum atomic E-state index is -1.09. The van der Waals surface area contributed by atoms with Crippen molar-refractivity contribution in [3.05, 3.63) is 75.6 Å². The Morgan fingerprint density at radius 1 is 1.21 bits per heavy atom. The minimum absolute atomic E-state index is 0.0465. The summed E-state index contributed by atoms with van der Waals surface area (Å²) < 4.78 is 40.1. The van der Waals surface area contributed by atoms with E-state index in [0.29, 0.717) is 27.7 Å². The number of amides is 1. The van der Waals surface area contributed by atoms with Gasteiger partial charge < -0.3 is 5.32 Å². The number of nitrogens with one attached hydrogen (secondary N) is 1. The Balaban J connectivity index is 1.93. The molecule has 0 aliphatic rings. The van der Waals surface area contributed by atoms with Gasteiger partial charge in [-0.1, -0.05) is 11.6 Å². The molecule has 0 spiro atoms. The fourth-order valence-electron chi connectivity index (χ4n) is 3.03. The van der Waals surface area contributed by atoms with Gasteiger partial charge in [0.05, 0.1) is 17.0 Å². The molecule has 152 valence electrons. The maximum atomic E-state index is 14.2. The van der Waals surface area contributed by atoms with E-state index < -0.39 is 28.3 Å². The lowest BCUT2D eigenvalue weighted by molar-refractivity contribution is 0.102. The molecule has 3 aromatic rings. The van der Waals surface area contributed by atoms with Gasteiger partial charge in [0.2, 0.25) is 0 Å². The molecule has 1 unspecified atom stereocenters. The molecule has 0 bridgehead atoms. The molecule has 29 heavy (non-hydrogen) atoms. The van der Waals surface area contributed by atoms with E-state index in [1.165, 1.54) is 10.7 Å². The first-order chi connectivity index (χ1) is 13.7. The van der Waals surface area contributed by atoms with E-state index in [4.69, 9.17) is 11.6 Å². The highest BCUT2D eigenvalue weighted by molar-refractivity contribution is 7.83. The van der Waals surface area contributed by atoms with Crippen molar-refractivity contribution in [2.45, 2.75) is 19.6 Å². The standard InChI is InChI=1S/C20H18ClF2N3O2S/c1-11-19(12(2)26(25-11)18-7-4-14(22)9-17(18)23)20(27)24-15-5-6-16(21)13(8-15)10-29(3)28/h4-9H,10H2,1-3H3,(H,24,27). The molecule has 0 radical (unpaired) electrons. The summed E-state index contributed by atoms with van der Waals surface area (Å²) in [7, 11) is -1.09. The van der Waals surface area contributed by atoms with Crippen molar-refractivity contribution in [3.8, 4) is 5.69 Å². The third-order valence-electron chi connectivity index (χ3n) is 4.32. The van der Waals surface area contributed by atoms with E-state index in [1.807, 2.05) is 0 Å². The van der Waals surface area contributed by atoms with Crippen molar-refractivity contribution in [1.82, 2.24) is 9.78 Å². The molecule has 0 saturated carbocycles. The van der Waals surface area contributed by atoms with Crippen LogP contribution in [0.4, 0.5) is 14.5 Å². The van der Waals surface area contributed by atoms with Gasteiger partial charge in [0.1, 0.15) is 11.5 Å². The molecule has 0 aliphatic heterocycles. The van der Waals surface area contributed by atoms with Crippen molar-refractivity contribution in [2.24, 2.45) is 0 Å². The van der Waals surface area contributed by atoms with Gasteiger partial charge in [-0.05, 0) is 49.7 Å². The number of rotatable bonds is 5. The Kier molecular flexibility index (Phi) is 6.14. The van der Waals surface area contributed by atoms with Crippen LogP contribution in [0.3, 0.4) is 0 Å². The number of aryl methyl sites for hydroxylation is 1. The second-order valence-corrected chi connectivity index (χ2v) is 8.37. The first-order valence-electron chi connectivity index (χ1n) is 8.59. The highest BCUT2D eigenvalue weighted by Crippen LogP contribution is 2.24. The largest absolute Gasteiger partial charge is 0.322 e. The second kappa shape index (κ2) is 8.42. The zero-order valence-electron chi connectivity index (χ0n) is 15.9. The fraction of sp³-hybridized carbons (Fsp3) is 0.200. The second-order valence-electron chi connectivity index (χ2n) is 6.53. The molecule has 5 nitrogen and oxygen atoms in total. The molecular formula is C20H18ClF2N3O2S. The van der Waals surface area contributed by atoms with Crippen LogP contribution >= 0.6 is 11.6 Å². The fourth-order valence-corrected chi connectivity index (χ4v) is 3.97. The van der Waals surface area contributed by atoms with E-state index in [1.54, 1.807) is 38.3 Å². The number of hydrogen-bond acceptors (Lipinski definition) is 3. The summed E-state index contributed by atoms with van der Waals surface area (Å²) in [5, 5.41) is 7.47. The van der Waals surface area contributed by atoms with E-state index in [2.05, 4.69) is 10.4 Å². The number of benzene rings is 2. The maximum absolute atomic E-state index is 14.2. The van der Waals surface area contributed by atoms with E-state index in [9.17, 15) is 17.8 Å². The molecule has 1 aromatic heterocycles. The van der Waals surface area contributed by atoms with Gasteiger partial charge in [-0.3, -0.25) is 9.00 Å². The van der Waals surface area contributed by atoms with Crippen molar-refractivity contribution in [3.63, 3.8) is 0 Å². The number of hydrogen-bond donors (Lipinski definition) is 1. The monoisotopic (exact) mass is 437 g/mol. The van der Waals surface area contributed by atoms with Crippen LogP contribution in [0.25, 0.3) is 5.69 Å². The van der Waals surface area contributed by atoms with Crippen LogP contribution in [0.5, 0.6) is 0 Å². The Bertz CT molecular complexity index is 1130. The molecule has 0 fully saturated rings. The summed E-state index contributed by atoms with van der Waals surface area (Å²) >= 11 is 6.12. The first kappa shape index (κ1) is 21.1. The predicted molar refractivity (Wildman–Crippen MR) is 110 cm³/mol. The highest BCUT2D eigenvalue weighted by Gasteiger charge is 2.21. The predicted octanol–water partition coefficient (Wildman–Crippen LogP) is 4.55. The van der Waals surface area contributed by atoms with Crippen LogP contribution in [0, 0.1) is 25.5 Å². The van der Waals surface area contributed by atoms with Crippen molar-refractivity contribution in [1.29, 1.82) is 0 Å². The van der Waals surface area contributed by atoms with Gasteiger partial charge in [0.25, 0.3) is 5.91 Å². The summed E-state index contributed by atoms with van der Waals surface area (Å²) in [5.74, 6) is -1.64. The van der Waals surface area contributed by atoms with Crippen molar-refractivity contribution < 1.29 is 17.8 Å². The van der Waals surface area contributed by atoms with Crippen LogP contribution in [0.1, 0.15) is 27.3 Å². The number of carbonyl (C=O) groups excluding carboxylic acids is 1. The number of halogens is 3. The molecular weight excluding hydrogens is 420 g/mol. The Labute approximate surface area is 174 Å². The molecule has 1 atom stereocenters. The minimum Gasteiger partial charge on any atom is -0.322 e. The van der Waals surface area contributed by atoms with Gasteiger partial charge in [0, 0.05) is 39.6 Å². The highest BCUT2D eigenvalue weighted by atomic mass is 35.5. The number of anilines is 1. The molecule has 0 saturated heterocycles. The van der Waals surface area contributed by atoms with Gasteiger partial charge in [-0.15, -0.1) is 0 Å². The van der Waals surface area contributed by atoms with Crippen LogP contribution in [-0.2, 0) is 16.6 Å². The van der Waals surface area contributed by atoms with Crippen molar-refractivity contribution in [2.75, 3.05) is 11.6 Å². The van der Waals surface area contributed by atoms with Crippen LogP contribution in [0.15, 0.2) is 36.4 Å². The molecule has 1 amide bonds. The molecule has 0 aliphatic carbocycles. The SMILES string of the molecule is Cc1nn(-c2ccc(F)cc2F)c(C)c1C(=O)Nc1ccc(Cl)c(CS(C)=O)c1. The Morgan fingerprint density at radius 3 is 2.59 bits per heavy atom. The van der Waals surface area contributed by atoms with E-state index >= 15 is 0 Å². The maximum Gasteiger partial charge on any atom is 0.259 e. The number of nitrogens with zero attached hydrogens (tertiary/aromatic N) is 2. The number of aromatic nitrogens is 2. The summed E-state index contributed by atoms with van der Waals surface area (Å²) in [6, 6.07) is 8.08. The summed E-state index contributed by atoms with van der Waals surface area (Å²) in [6.45, 7) is 3.26. The summed E-state index contributed by atoms with van der Waals surface area (Å²) in [6.07, 6.45) is 1.57. The topological polar surface area (TPSA) is 64.0 Å². The lowest BCUT2D eigenvalue weighted by Crippen LogP contribution is -2.14. The van der Waals surface area contributed by atoms with Gasteiger partial charge >= 0.3 is 0 Å². The molecule has 1 N–H and O–H groups in total. The third kappa shape index (κ3) is 4.54. The van der Waals surface area contributed by atoms with Crippen LogP contribution in [0.2, 0.25) is 5.02 Å². The zero-order chi connectivity index (χ0) is 21.3. The van der Waals surface area contributed by atoms with Crippen LogP contribution < -0.4 is 5.32 Å². The molecule has 2 aromatic carbocycles. The molecule has 1 heterocycles. The quantitative estimate of drug-likeness (QED) is 0.636. The van der Waals surface area contributed by atoms with Gasteiger partial charge in [-0.2, -0.15) is 5.10 Å². The van der Waals surface area contributed by atoms with E-state index in [0.717, 1.165) is 12.1 Å². The van der Waals surface area contributed by atoms with E-state index in [-0.39, 0.29) is 17.0 Å². The zero-order valence-corrected chi connectivity index (χ0v) is 17.5. The molecule has 3 rings (SSSR count). The Hall–Kier alpha value is -2.58. The third-order valence-corrected chi connectivity index (χ3v) is 5.40. The van der Waals surface area contributed by atoms with Crippen molar-refractivity contribution >= 4 is 34.0 Å². The Morgan fingerprint density at radius 2 is 1.93 bits per heavy atom. The number of carbonyl (C=O) groups is 1. The van der Waals surface area contributed by atoms with Crippen LogP contribution in [-0.4, -0.2) is 26.2 Å². The summed E-state index contributed by atoms with van der Waals surface area (Å²) in [4.78, 5) is 12.8. The first-order valence-corrected chi connectivity index (χ1v) is 10.7. The molecule has 9 heteroatoms. The summed E-state index contributed by atoms with van der Waals surface area (Å²) in [5.41, 5.74) is 2.28. The van der Waals surface area contributed by atoms with Gasteiger partial charge in [-0.25, -0.2) is 13.5 Å². The smallest absolute Gasteiger partial charge is 0.259 e. The lowest BCUT2D eigenvalue weighted by Gasteiger charge is -2.10. The normalized spacial score (nSPS) is 12.1. The average Bonchev–Trinajstić information content (AvgIpc) is 2.91.